The first kappa shape index (κ1) is 60.2. The smallest absolute Gasteiger partial charge is 0.262 e. The van der Waals surface area contributed by atoms with Gasteiger partial charge in [-0.25, -0.2) is 16.8 Å². The highest BCUT2D eigenvalue weighted by molar-refractivity contribution is 7.85. The molecular formula is C66H72N6O8S2. The van der Waals surface area contributed by atoms with Crippen LogP contribution in [0.15, 0.2) is 109 Å². The molecule has 0 radical (unpaired) electrons. The van der Waals surface area contributed by atoms with Crippen molar-refractivity contribution >= 4 is 74.9 Å². The van der Waals surface area contributed by atoms with Crippen LogP contribution in [-0.2, 0) is 70.5 Å². The van der Waals surface area contributed by atoms with E-state index < -0.39 is 31.7 Å². The maximum Gasteiger partial charge on any atom is 0.262 e. The van der Waals surface area contributed by atoms with Crippen LogP contribution in [0, 0.1) is 51.4 Å². The van der Waals surface area contributed by atoms with Crippen molar-refractivity contribution in [3.8, 4) is 35.2 Å². The Morgan fingerprint density at radius 2 is 0.878 bits per heavy atom. The van der Waals surface area contributed by atoms with Gasteiger partial charge in [0.2, 0.25) is 12.4 Å². The van der Waals surface area contributed by atoms with Crippen LogP contribution >= 0.6 is 0 Å². The number of pyridine rings is 2. The molecule has 0 bridgehead atoms. The van der Waals surface area contributed by atoms with Gasteiger partial charge in [-0.3, -0.25) is 0 Å². The fourth-order valence-electron chi connectivity index (χ4n) is 11.1. The van der Waals surface area contributed by atoms with Gasteiger partial charge in [0, 0.05) is 94.1 Å². The number of benzene rings is 4. The Morgan fingerprint density at radius 1 is 0.500 bits per heavy atom. The summed E-state index contributed by atoms with van der Waals surface area (Å²) >= 11 is 0. The Hall–Kier alpha value is -7.86. The molecule has 0 aliphatic rings. The number of aromatic nitrogens is 6. The summed E-state index contributed by atoms with van der Waals surface area (Å²) in [5, 5.41) is 14.9. The number of rotatable bonds is 16. The van der Waals surface area contributed by atoms with Gasteiger partial charge in [0.05, 0.1) is 57.0 Å². The van der Waals surface area contributed by atoms with Crippen molar-refractivity contribution in [3.05, 3.63) is 165 Å². The number of methoxy groups -OCH3 is 2. The molecule has 0 aliphatic heterocycles. The minimum atomic E-state index is -4.16. The zero-order valence-electron chi connectivity index (χ0n) is 48.6. The van der Waals surface area contributed by atoms with Gasteiger partial charge in [0.15, 0.2) is 0 Å². The van der Waals surface area contributed by atoms with E-state index in [0.29, 0.717) is 11.1 Å². The lowest BCUT2D eigenvalue weighted by atomic mass is 10.1. The fraction of sp³-hybridized carbons (Fsp3) is 0.333. The predicted octanol–water partition coefficient (Wildman–Crippen LogP) is 11.4. The van der Waals surface area contributed by atoms with Crippen LogP contribution < -0.4 is 18.5 Å². The lowest BCUT2D eigenvalue weighted by molar-refractivity contribution is -0.581. The highest BCUT2D eigenvalue weighted by Crippen LogP contribution is 2.35. The second-order valence-corrected chi connectivity index (χ2v) is 23.5. The summed E-state index contributed by atoms with van der Waals surface area (Å²) in [6, 6.07) is 32.5. The maximum atomic E-state index is 10.5. The molecule has 6 aromatic heterocycles. The molecule has 82 heavy (non-hydrogen) atoms. The van der Waals surface area contributed by atoms with E-state index in [1.165, 1.54) is 54.7 Å². The average molecular weight is 1140 g/mol. The summed E-state index contributed by atoms with van der Waals surface area (Å²) in [6.45, 7) is 17.9. The molecule has 0 spiro atoms. The molecule has 0 N–H and O–H groups in total. The van der Waals surface area contributed by atoms with E-state index in [4.69, 9.17) is 19.7 Å². The second kappa shape index (κ2) is 26.4. The number of nitrogens with zero attached hydrogens (tertiary/aromatic N) is 6. The summed E-state index contributed by atoms with van der Waals surface area (Å²) in [7, 11) is -4.87. The summed E-state index contributed by atoms with van der Waals surface area (Å²) in [6.07, 6.45) is 11.3. The van der Waals surface area contributed by atoms with Crippen LogP contribution in [0.5, 0.6) is 11.5 Å². The largest absolute Gasteiger partial charge is 0.748 e. The van der Waals surface area contributed by atoms with Crippen molar-refractivity contribution < 1.29 is 44.4 Å². The molecule has 0 atom stereocenters. The molecule has 6 heterocycles. The first-order chi connectivity index (χ1) is 39.2. The molecule has 0 amide bonds. The summed E-state index contributed by atoms with van der Waals surface area (Å²) in [5.41, 5.74) is 16.9. The highest BCUT2D eigenvalue weighted by Gasteiger charge is 2.23. The van der Waals surface area contributed by atoms with Crippen molar-refractivity contribution in [3.63, 3.8) is 0 Å². The van der Waals surface area contributed by atoms with Gasteiger partial charge in [-0.05, 0) is 125 Å². The van der Waals surface area contributed by atoms with Crippen molar-refractivity contribution in [2.75, 3.05) is 14.2 Å². The Kier molecular flexibility index (Phi) is 19.4. The van der Waals surface area contributed by atoms with Crippen LogP contribution in [0.25, 0.3) is 54.6 Å². The van der Waals surface area contributed by atoms with Gasteiger partial charge in [0.1, 0.15) is 33.9 Å². The molecule has 0 unspecified atom stereocenters. The SMILES string of the molecule is CCc1cc2c3c(cc[n+]2nc1CC)c1ccc(OC)cc1n3CCCC#CC#CCCCn1c2cc(OC)ccc2c2cc[n+]3nc(CC)c(CC)cc3c21.Cc1cc(C)cc(CS(=O)(=O)[O-])c1.Cc1cc(C)cc(CS(=O)(=O)[O-])c1. The molecule has 4 aromatic carbocycles. The summed E-state index contributed by atoms with van der Waals surface area (Å²) in [5.74, 6) is 13.8. The molecule has 426 valence electrons. The number of aryl methyl sites for hydroxylation is 10. The van der Waals surface area contributed by atoms with Gasteiger partial charge in [-0.1, -0.05) is 107 Å². The van der Waals surface area contributed by atoms with Crippen LogP contribution in [0.1, 0.15) is 109 Å². The summed E-state index contributed by atoms with van der Waals surface area (Å²) in [4.78, 5) is 0. The quantitative estimate of drug-likeness (QED) is 0.0391. The number of hydrogen-bond acceptors (Lipinski definition) is 10. The van der Waals surface area contributed by atoms with Gasteiger partial charge in [0.25, 0.3) is 11.0 Å². The monoisotopic (exact) mass is 1140 g/mol. The Labute approximate surface area is 482 Å². The zero-order valence-corrected chi connectivity index (χ0v) is 50.3. The number of ether oxygens (including phenoxy) is 2. The van der Waals surface area contributed by atoms with E-state index in [2.05, 4.69) is 121 Å². The minimum absolute atomic E-state index is 0.421. The first-order valence-electron chi connectivity index (χ1n) is 27.9. The molecule has 0 saturated heterocycles. The Bertz CT molecular complexity index is 4070. The lowest BCUT2D eigenvalue weighted by Gasteiger charge is -2.08. The van der Waals surface area contributed by atoms with E-state index in [-0.39, 0.29) is 0 Å². The molecule has 10 aromatic rings. The van der Waals surface area contributed by atoms with Gasteiger partial charge in [-0.15, -0.1) is 0 Å². The average Bonchev–Trinajstić information content (AvgIpc) is 4.13. The maximum absolute atomic E-state index is 10.5. The van der Waals surface area contributed by atoms with Crippen molar-refractivity contribution in [1.82, 2.24) is 19.3 Å². The molecule has 0 aliphatic carbocycles. The van der Waals surface area contributed by atoms with E-state index in [0.717, 1.165) is 121 Å². The third kappa shape index (κ3) is 14.4. The normalized spacial score (nSPS) is 11.5. The van der Waals surface area contributed by atoms with Crippen LogP contribution in [0.3, 0.4) is 0 Å². The molecular weight excluding hydrogens is 1070 g/mol. The van der Waals surface area contributed by atoms with Crippen molar-refractivity contribution in [2.24, 2.45) is 0 Å². The topological polar surface area (TPSA) is 177 Å². The molecule has 0 saturated carbocycles. The van der Waals surface area contributed by atoms with E-state index in [9.17, 15) is 25.9 Å². The number of unbranched alkanes of at least 4 members (excludes halogenated alkanes) is 2. The second-order valence-electron chi connectivity index (χ2n) is 20.7. The van der Waals surface area contributed by atoms with E-state index in [1.807, 2.05) is 61.0 Å². The van der Waals surface area contributed by atoms with Crippen molar-refractivity contribution in [2.45, 2.75) is 131 Å². The van der Waals surface area contributed by atoms with E-state index >= 15 is 0 Å². The van der Waals surface area contributed by atoms with E-state index in [1.54, 1.807) is 38.5 Å². The number of hydrogen-bond donors (Lipinski definition) is 0. The molecule has 16 heteroatoms. The Balaban J connectivity index is 0.000000277. The number of fused-ring (bicyclic) bond motifs is 10. The first-order valence-corrected chi connectivity index (χ1v) is 31.0. The fourth-order valence-corrected chi connectivity index (χ4v) is 12.3. The molecule has 0 fully saturated rings. The Morgan fingerprint density at radius 3 is 1.21 bits per heavy atom. The predicted molar refractivity (Wildman–Crippen MR) is 324 cm³/mol. The van der Waals surface area contributed by atoms with Crippen LogP contribution in [0.4, 0.5) is 0 Å². The third-order valence-electron chi connectivity index (χ3n) is 14.5. The molecule has 14 nitrogen and oxygen atoms in total. The summed E-state index contributed by atoms with van der Waals surface area (Å²) < 4.78 is 83.0. The minimum Gasteiger partial charge on any atom is -0.748 e. The highest BCUT2D eigenvalue weighted by atomic mass is 32.2. The van der Waals surface area contributed by atoms with Gasteiger partial charge < -0.3 is 27.7 Å². The van der Waals surface area contributed by atoms with Gasteiger partial charge in [-0.2, -0.15) is 0 Å². The van der Waals surface area contributed by atoms with Crippen molar-refractivity contribution in [1.29, 1.82) is 0 Å². The standard InChI is InChI=1S/C48H50N6O2.2C9H12O3S/c1-7-33-29-45-47-39(23-27-53(45)49-41(33)9-3)37-21-19-35(55-5)31-43(37)51(47)25-17-15-13-11-12-14-16-18-26-52-44-32-36(56-6)20-22-38(44)40-24-28-54-46(48(40)52)30-34(8-2)42(10-4)50-54;2*1-7-3-8(2)5-9(4-7)6-13(10,11)12/h19-24,27-32H,7-10,15-18,25-26H2,1-6H3;2*3-5H,6H2,1-2H3,(H,10,11,12)/q+2;;/p-2. The van der Waals surface area contributed by atoms with Crippen LogP contribution in [-0.4, -0.2) is 59.5 Å². The van der Waals surface area contributed by atoms with Gasteiger partial charge >= 0.3 is 0 Å². The molecule has 10 rings (SSSR count). The third-order valence-corrected chi connectivity index (χ3v) is 15.8. The van der Waals surface area contributed by atoms with Crippen LogP contribution in [0.2, 0.25) is 0 Å². The lowest BCUT2D eigenvalue weighted by Crippen LogP contribution is -2.29. The zero-order chi connectivity index (χ0) is 58.9.